The zero-order valence-corrected chi connectivity index (χ0v) is 33.1. The Hall–Kier alpha value is -4.25. The molecule has 4 aliphatic rings. The van der Waals surface area contributed by atoms with Crippen molar-refractivity contribution in [3.63, 3.8) is 0 Å². The van der Waals surface area contributed by atoms with Gasteiger partial charge < -0.3 is 38.4 Å². The lowest BCUT2D eigenvalue weighted by molar-refractivity contribution is -0.155. The Morgan fingerprint density at radius 1 is 0.818 bits per heavy atom. The molecule has 1 saturated heterocycles. The van der Waals surface area contributed by atoms with Gasteiger partial charge in [0.05, 0.1) is 41.1 Å². The van der Waals surface area contributed by atoms with Gasteiger partial charge in [0, 0.05) is 44.6 Å². The molecule has 296 valence electrons. The number of benzene rings is 3. The van der Waals surface area contributed by atoms with Gasteiger partial charge >= 0.3 is 0 Å². The highest BCUT2D eigenvalue weighted by Gasteiger charge is 2.43. The summed E-state index contributed by atoms with van der Waals surface area (Å²) in [6.45, 7) is 5.47. The van der Waals surface area contributed by atoms with E-state index in [1.54, 1.807) is 28.4 Å². The third kappa shape index (κ3) is 8.18. The summed E-state index contributed by atoms with van der Waals surface area (Å²) in [4.78, 5) is 19.7. The maximum atomic E-state index is 15.0. The van der Waals surface area contributed by atoms with Crippen LogP contribution in [0.5, 0.6) is 23.0 Å². The smallest absolute Gasteiger partial charge is 0.289 e. The lowest BCUT2D eigenvalue weighted by atomic mass is 9.72. The predicted molar refractivity (Wildman–Crippen MR) is 211 cm³/mol. The average Bonchev–Trinajstić information content (AvgIpc) is 3.23. The van der Waals surface area contributed by atoms with Crippen LogP contribution < -0.4 is 18.9 Å². The van der Waals surface area contributed by atoms with Crippen molar-refractivity contribution in [2.75, 3.05) is 61.3 Å². The lowest BCUT2D eigenvalue weighted by Crippen LogP contribution is -2.48. The zero-order valence-electron chi connectivity index (χ0n) is 33.1. The molecule has 4 aliphatic heterocycles. The standard InChI is InChI=1S/C45H58N2O8/c1-6-29-28-46-16-14-31-22-39(50-2)41(52-4)26-35(31)37(46)20-33(29)21-38-36-27-42(53-5)40(51-3)23-32(36)15-17-47(38)45(49)43-24-34(30-12-8-7-9-13-30)25-44(55-43)54-19-11-10-18-48/h7-9,12-13,22-24,26-27,29,33-34,37-38,44,48H,6,10-11,14-21,25,28H2,1-5H3. The van der Waals surface area contributed by atoms with Gasteiger partial charge in [0.1, 0.15) is 0 Å². The number of carbonyl (C=O) groups is 1. The van der Waals surface area contributed by atoms with Crippen LogP contribution in [-0.4, -0.2) is 88.4 Å². The van der Waals surface area contributed by atoms with Gasteiger partial charge in [0.25, 0.3) is 5.91 Å². The van der Waals surface area contributed by atoms with Crippen molar-refractivity contribution >= 4 is 5.91 Å². The second-order valence-electron chi connectivity index (χ2n) is 15.4. The first kappa shape index (κ1) is 39.0. The summed E-state index contributed by atoms with van der Waals surface area (Å²) in [7, 11) is 6.74. The van der Waals surface area contributed by atoms with E-state index in [9.17, 15) is 5.11 Å². The van der Waals surface area contributed by atoms with Gasteiger partial charge in [0.2, 0.25) is 6.29 Å². The fraction of sp³-hybridized carbons (Fsp3) is 0.533. The Bertz CT molecular complexity index is 1810. The summed E-state index contributed by atoms with van der Waals surface area (Å²) in [5.41, 5.74) is 6.06. The molecule has 6 atom stereocenters. The van der Waals surface area contributed by atoms with Crippen molar-refractivity contribution in [1.29, 1.82) is 0 Å². The topological polar surface area (TPSA) is 99.2 Å². The molecule has 0 spiro atoms. The number of aliphatic hydroxyl groups excluding tert-OH is 1. The highest BCUT2D eigenvalue weighted by Crippen LogP contribution is 2.50. The van der Waals surface area contributed by atoms with Gasteiger partial charge in [0.15, 0.2) is 28.8 Å². The van der Waals surface area contributed by atoms with Crippen LogP contribution in [0.15, 0.2) is 66.4 Å². The van der Waals surface area contributed by atoms with Crippen LogP contribution in [0, 0.1) is 11.8 Å². The van der Waals surface area contributed by atoms with Gasteiger partial charge in [-0.25, -0.2) is 0 Å². The highest BCUT2D eigenvalue weighted by molar-refractivity contribution is 5.92. The minimum Gasteiger partial charge on any atom is -0.493 e. The quantitative estimate of drug-likeness (QED) is 0.169. The molecule has 10 nitrogen and oxygen atoms in total. The number of nitrogens with zero attached hydrogens (tertiary/aromatic N) is 2. The molecular formula is C45H58N2O8. The molecule has 1 fully saturated rings. The Kier molecular flexibility index (Phi) is 12.5. The Balaban J connectivity index is 1.23. The predicted octanol–water partition coefficient (Wildman–Crippen LogP) is 7.39. The number of piperidine rings is 1. The molecule has 0 aromatic heterocycles. The van der Waals surface area contributed by atoms with Crippen LogP contribution in [0.2, 0.25) is 0 Å². The zero-order chi connectivity index (χ0) is 38.5. The number of ether oxygens (including phenoxy) is 6. The summed E-state index contributed by atoms with van der Waals surface area (Å²) in [5, 5.41) is 9.33. The first-order chi connectivity index (χ1) is 26.9. The Labute approximate surface area is 326 Å². The summed E-state index contributed by atoms with van der Waals surface area (Å²) < 4.78 is 35.7. The molecule has 0 aliphatic carbocycles. The fourth-order valence-electron chi connectivity index (χ4n) is 9.48. The average molecular weight is 755 g/mol. The number of rotatable bonds is 14. The van der Waals surface area contributed by atoms with Crippen LogP contribution in [-0.2, 0) is 27.1 Å². The minimum atomic E-state index is -0.566. The van der Waals surface area contributed by atoms with Gasteiger partial charge in [-0.15, -0.1) is 0 Å². The first-order valence-electron chi connectivity index (χ1n) is 20.1. The van der Waals surface area contributed by atoms with E-state index >= 15 is 4.79 Å². The fourth-order valence-corrected chi connectivity index (χ4v) is 9.48. The number of hydrogen-bond acceptors (Lipinski definition) is 9. The summed E-state index contributed by atoms with van der Waals surface area (Å²) in [6.07, 6.45) is 7.97. The third-order valence-corrected chi connectivity index (χ3v) is 12.4. The van der Waals surface area contributed by atoms with Gasteiger partial charge in [-0.3, -0.25) is 9.69 Å². The van der Waals surface area contributed by atoms with Gasteiger partial charge in [-0.05, 0) is 109 Å². The summed E-state index contributed by atoms with van der Waals surface area (Å²) >= 11 is 0. The third-order valence-electron chi connectivity index (χ3n) is 12.4. The number of carbonyl (C=O) groups excluding carboxylic acids is 1. The van der Waals surface area contributed by atoms with Crippen molar-refractivity contribution in [2.45, 2.75) is 82.6 Å². The van der Waals surface area contributed by atoms with Crippen LogP contribution >= 0.6 is 0 Å². The molecule has 10 heteroatoms. The Morgan fingerprint density at radius 3 is 2.15 bits per heavy atom. The second kappa shape index (κ2) is 17.7. The molecular weight excluding hydrogens is 697 g/mol. The Morgan fingerprint density at radius 2 is 1.47 bits per heavy atom. The van der Waals surface area contributed by atoms with Crippen molar-refractivity contribution < 1.29 is 38.3 Å². The molecule has 0 radical (unpaired) electrons. The van der Waals surface area contributed by atoms with E-state index in [0.29, 0.717) is 61.5 Å². The van der Waals surface area contributed by atoms with Crippen molar-refractivity contribution in [3.05, 3.63) is 94.2 Å². The molecule has 4 heterocycles. The molecule has 3 aromatic carbocycles. The number of amides is 1. The van der Waals surface area contributed by atoms with E-state index in [2.05, 4.69) is 53.1 Å². The van der Waals surface area contributed by atoms with E-state index in [1.165, 1.54) is 16.7 Å². The van der Waals surface area contributed by atoms with Crippen LogP contribution in [0.1, 0.15) is 91.3 Å². The van der Waals surface area contributed by atoms with Crippen molar-refractivity contribution in [3.8, 4) is 23.0 Å². The summed E-state index contributed by atoms with van der Waals surface area (Å²) in [6, 6.07) is 18.9. The number of methoxy groups -OCH3 is 4. The SMILES string of the molecule is CCC1CN2CCc3cc(OC)c(OC)cc3C2CC1CC1c2cc(OC)c(OC)cc2CCN1C(=O)C1=CC(c2ccccc2)CC(OCCCCO)O1. The van der Waals surface area contributed by atoms with Crippen molar-refractivity contribution in [2.24, 2.45) is 11.8 Å². The van der Waals surface area contributed by atoms with E-state index in [4.69, 9.17) is 28.4 Å². The number of fused-ring (bicyclic) bond motifs is 4. The monoisotopic (exact) mass is 754 g/mol. The van der Waals surface area contributed by atoms with Crippen LogP contribution in [0.4, 0.5) is 0 Å². The maximum Gasteiger partial charge on any atom is 0.289 e. The molecule has 1 amide bonds. The largest absolute Gasteiger partial charge is 0.493 e. The number of hydrogen-bond donors (Lipinski definition) is 1. The van der Waals surface area contributed by atoms with Crippen molar-refractivity contribution in [1.82, 2.24) is 9.80 Å². The molecule has 7 rings (SSSR count). The number of aliphatic hydroxyl groups is 1. The van der Waals surface area contributed by atoms with E-state index in [-0.39, 0.29) is 30.5 Å². The van der Waals surface area contributed by atoms with Gasteiger partial charge in [-0.2, -0.15) is 0 Å². The van der Waals surface area contributed by atoms with Gasteiger partial charge in [-0.1, -0.05) is 43.7 Å². The van der Waals surface area contributed by atoms with Crippen LogP contribution in [0.3, 0.4) is 0 Å². The number of allylic oxidation sites excluding steroid dienone is 1. The lowest BCUT2D eigenvalue weighted by Gasteiger charge is -2.49. The first-order valence-corrected chi connectivity index (χ1v) is 20.1. The molecule has 0 saturated carbocycles. The summed E-state index contributed by atoms with van der Waals surface area (Å²) in [5.74, 6) is 3.93. The molecule has 6 unspecified atom stereocenters. The molecule has 0 bridgehead atoms. The van der Waals surface area contributed by atoms with Crippen LogP contribution in [0.25, 0.3) is 0 Å². The molecule has 1 N–H and O–H groups in total. The minimum absolute atomic E-state index is 0.0348. The van der Waals surface area contributed by atoms with E-state index in [1.807, 2.05) is 24.3 Å². The van der Waals surface area contributed by atoms with E-state index < -0.39 is 6.29 Å². The second-order valence-corrected chi connectivity index (χ2v) is 15.4. The molecule has 55 heavy (non-hydrogen) atoms. The normalized spacial score (nSPS) is 24.8. The van der Waals surface area contributed by atoms with E-state index in [0.717, 1.165) is 67.8 Å². The number of unbranched alkanes of at least 4 members (excludes halogenated alkanes) is 1. The molecule has 3 aromatic rings. The highest BCUT2D eigenvalue weighted by atomic mass is 16.7. The maximum absolute atomic E-state index is 15.0.